The maximum Gasteiger partial charge on any atom is 0.0772 e. The summed E-state index contributed by atoms with van der Waals surface area (Å²) in [6.45, 7) is 18.3. The SMILES string of the molecule is CCC1=C(CC)c2cc3[nH]c(c(CC)c3CC)c(-c3cc4ccccc4c4ccccc34)c3nc(cc4[nH]c(cc1n2)c(CC)c4CC)C(CC)=C3CC. The number of rotatable bonds is 9. The van der Waals surface area contributed by atoms with Crippen LogP contribution in [0.4, 0.5) is 0 Å². The number of nitrogens with zero attached hydrogens (tertiary/aromatic N) is 2. The number of allylic oxidation sites excluding steroid dienone is 4. The van der Waals surface area contributed by atoms with Crippen molar-refractivity contribution in [1.29, 1.82) is 0 Å². The quantitative estimate of drug-likeness (QED) is 0.147. The molecule has 8 rings (SSSR count). The normalized spacial score (nSPS) is 13.3. The van der Waals surface area contributed by atoms with Crippen molar-refractivity contribution in [2.24, 2.45) is 0 Å². The number of aryl methyl sites for hydroxylation is 4. The molecule has 0 saturated carbocycles. The molecule has 54 heavy (non-hydrogen) atoms. The van der Waals surface area contributed by atoms with Crippen molar-refractivity contribution >= 4 is 65.9 Å². The zero-order chi connectivity index (χ0) is 37.7. The third-order valence-corrected chi connectivity index (χ3v) is 12.1. The van der Waals surface area contributed by atoms with Gasteiger partial charge in [-0.2, -0.15) is 0 Å². The first-order chi connectivity index (χ1) is 26.4. The lowest BCUT2D eigenvalue weighted by molar-refractivity contribution is 1.07. The molecule has 3 aromatic heterocycles. The molecule has 0 amide bonds. The first-order valence-electron chi connectivity index (χ1n) is 20.6. The highest BCUT2D eigenvalue weighted by Gasteiger charge is 2.26. The van der Waals surface area contributed by atoms with Gasteiger partial charge in [0.25, 0.3) is 0 Å². The van der Waals surface area contributed by atoms with Crippen molar-refractivity contribution in [3.05, 3.63) is 118 Å². The Morgan fingerprint density at radius 1 is 0.426 bits per heavy atom. The molecule has 2 aliphatic heterocycles. The molecule has 5 heterocycles. The largest absolute Gasteiger partial charge is 0.355 e. The van der Waals surface area contributed by atoms with Crippen LogP contribution in [-0.4, -0.2) is 19.9 Å². The summed E-state index contributed by atoms with van der Waals surface area (Å²) < 4.78 is 0. The van der Waals surface area contributed by atoms with Crippen molar-refractivity contribution in [3.63, 3.8) is 0 Å². The fourth-order valence-electron chi connectivity index (χ4n) is 9.71. The summed E-state index contributed by atoms with van der Waals surface area (Å²) in [6, 6.07) is 27.2. The minimum atomic E-state index is 0.903. The standard InChI is InChI=1S/C50H54N4/c1-9-30-32(11-3)44-27-46-34(13-5)36(15-7)49(53-46)48(41-25-29-21-17-18-22-38(29)39-23-19-20-24-40(39)41)50-37(16-8)35(14-6)47(54-50)28-45-33(12-4)31(10-2)43(52-45)26-42(30)51-44/h17-28,51,54H,9-16H2,1-8H3. The highest BCUT2D eigenvalue weighted by molar-refractivity contribution is 6.16. The van der Waals surface area contributed by atoms with Crippen molar-refractivity contribution in [3.8, 4) is 11.1 Å². The predicted molar refractivity (Wildman–Crippen MR) is 234 cm³/mol. The van der Waals surface area contributed by atoms with Crippen LogP contribution < -0.4 is 0 Å². The Labute approximate surface area is 320 Å². The van der Waals surface area contributed by atoms with E-state index in [0.717, 1.165) is 79.7 Å². The van der Waals surface area contributed by atoms with Crippen LogP contribution in [0.1, 0.15) is 126 Å². The molecule has 6 aromatic rings. The molecule has 2 aliphatic rings. The summed E-state index contributed by atoms with van der Waals surface area (Å²) in [7, 11) is 0. The van der Waals surface area contributed by atoms with Crippen LogP contribution in [-0.2, 0) is 25.7 Å². The summed E-state index contributed by atoms with van der Waals surface area (Å²) in [6.07, 6.45) is 7.46. The molecule has 0 spiro atoms. The summed E-state index contributed by atoms with van der Waals surface area (Å²) in [5, 5.41) is 5.05. The highest BCUT2D eigenvalue weighted by atomic mass is 14.8. The van der Waals surface area contributed by atoms with E-state index in [9.17, 15) is 0 Å². The van der Waals surface area contributed by atoms with Gasteiger partial charge < -0.3 is 9.97 Å². The molecule has 0 aliphatic carbocycles. The van der Waals surface area contributed by atoms with Crippen LogP contribution in [0.3, 0.4) is 0 Å². The van der Waals surface area contributed by atoms with Crippen molar-refractivity contribution in [1.82, 2.24) is 19.9 Å². The fraction of sp³-hybridized carbons (Fsp3) is 0.320. The van der Waals surface area contributed by atoms with Gasteiger partial charge in [-0.25, -0.2) is 9.97 Å². The van der Waals surface area contributed by atoms with E-state index in [1.165, 1.54) is 93.8 Å². The maximum atomic E-state index is 5.76. The molecule has 0 unspecified atom stereocenters. The Bertz CT molecular complexity index is 2690. The van der Waals surface area contributed by atoms with E-state index in [-0.39, 0.29) is 0 Å². The number of H-pyrrole nitrogens is 2. The lowest BCUT2D eigenvalue weighted by Crippen LogP contribution is -1.94. The minimum Gasteiger partial charge on any atom is -0.355 e. The van der Waals surface area contributed by atoms with Gasteiger partial charge in [-0.1, -0.05) is 104 Å². The second-order valence-electron chi connectivity index (χ2n) is 14.7. The molecule has 2 N–H and O–H groups in total. The topological polar surface area (TPSA) is 57.4 Å². The van der Waals surface area contributed by atoms with Crippen LogP contribution in [0.25, 0.3) is 77.0 Å². The van der Waals surface area contributed by atoms with E-state index in [2.05, 4.69) is 138 Å². The van der Waals surface area contributed by atoms with Gasteiger partial charge in [0, 0.05) is 22.1 Å². The molecule has 0 atom stereocenters. The number of hydrogen-bond donors (Lipinski definition) is 2. The van der Waals surface area contributed by atoms with E-state index in [1.807, 2.05) is 0 Å². The monoisotopic (exact) mass is 710 g/mol. The van der Waals surface area contributed by atoms with Gasteiger partial charge in [0.05, 0.1) is 28.3 Å². The number of aromatic amines is 2. The minimum absolute atomic E-state index is 0.903. The maximum absolute atomic E-state index is 5.76. The van der Waals surface area contributed by atoms with Gasteiger partial charge in [0.15, 0.2) is 0 Å². The van der Waals surface area contributed by atoms with Crippen LogP contribution >= 0.6 is 0 Å². The molecule has 3 aromatic carbocycles. The zero-order valence-electron chi connectivity index (χ0n) is 33.5. The van der Waals surface area contributed by atoms with Gasteiger partial charge in [0.2, 0.25) is 0 Å². The third kappa shape index (κ3) is 5.56. The molecule has 4 nitrogen and oxygen atoms in total. The summed E-state index contributed by atoms with van der Waals surface area (Å²) >= 11 is 0. The van der Waals surface area contributed by atoms with Crippen molar-refractivity contribution in [2.45, 2.75) is 107 Å². The van der Waals surface area contributed by atoms with E-state index in [4.69, 9.17) is 9.97 Å². The van der Waals surface area contributed by atoms with Gasteiger partial charge in [0.1, 0.15) is 0 Å². The molecule has 274 valence electrons. The molecule has 0 saturated heterocycles. The number of hydrogen-bond acceptors (Lipinski definition) is 2. The summed E-state index contributed by atoms with van der Waals surface area (Å²) in [4.78, 5) is 19.2. The highest BCUT2D eigenvalue weighted by Crippen LogP contribution is 2.46. The molecular formula is C50H54N4. The van der Waals surface area contributed by atoms with E-state index in [1.54, 1.807) is 0 Å². The van der Waals surface area contributed by atoms with Crippen molar-refractivity contribution < 1.29 is 0 Å². The molecule has 4 heteroatoms. The van der Waals surface area contributed by atoms with Crippen LogP contribution in [0.5, 0.6) is 0 Å². The van der Waals surface area contributed by atoms with Gasteiger partial charge >= 0.3 is 0 Å². The average molecular weight is 711 g/mol. The third-order valence-electron chi connectivity index (χ3n) is 12.1. The Morgan fingerprint density at radius 3 is 1.44 bits per heavy atom. The number of fused-ring (bicyclic) bond motifs is 11. The number of nitrogens with one attached hydrogen (secondary N) is 2. The average Bonchev–Trinajstić information content (AvgIpc) is 3.93. The summed E-state index contributed by atoms with van der Waals surface area (Å²) in [5.41, 5.74) is 22.4. The molecule has 0 radical (unpaired) electrons. The smallest absolute Gasteiger partial charge is 0.0772 e. The predicted octanol–water partition coefficient (Wildman–Crippen LogP) is 14.0. The fourth-order valence-corrected chi connectivity index (χ4v) is 9.71. The number of benzene rings is 3. The lowest BCUT2D eigenvalue weighted by Gasteiger charge is -2.15. The lowest BCUT2D eigenvalue weighted by atomic mass is 9.88. The second kappa shape index (κ2) is 14.5. The zero-order valence-corrected chi connectivity index (χ0v) is 33.5. The van der Waals surface area contributed by atoms with Gasteiger partial charge in [-0.15, -0.1) is 0 Å². The van der Waals surface area contributed by atoms with E-state index < -0.39 is 0 Å². The van der Waals surface area contributed by atoms with E-state index in [0.29, 0.717) is 0 Å². The van der Waals surface area contributed by atoms with Crippen LogP contribution in [0, 0.1) is 0 Å². The van der Waals surface area contributed by atoms with Gasteiger partial charge in [-0.05, 0) is 147 Å². The van der Waals surface area contributed by atoms with Gasteiger partial charge in [-0.3, -0.25) is 0 Å². The van der Waals surface area contributed by atoms with E-state index >= 15 is 0 Å². The second-order valence-corrected chi connectivity index (χ2v) is 14.7. The Kier molecular flexibility index (Phi) is 9.64. The first kappa shape index (κ1) is 35.8. The molecule has 8 bridgehead atoms. The Hall–Kier alpha value is -5.22. The van der Waals surface area contributed by atoms with Crippen LogP contribution in [0.15, 0.2) is 72.8 Å². The first-order valence-corrected chi connectivity index (χ1v) is 20.6. The summed E-state index contributed by atoms with van der Waals surface area (Å²) in [5.74, 6) is 0. The Balaban J connectivity index is 1.67. The molecule has 0 fully saturated rings. The van der Waals surface area contributed by atoms with Crippen LogP contribution in [0.2, 0.25) is 0 Å². The number of aromatic nitrogens is 4. The van der Waals surface area contributed by atoms with Crippen molar-refractivity contribution in [2.75, 3.05) is 0 Å². The Morgan fingerprint density at radius 2 is 0.889 bits per heavy atom. The molecular weight excluding hydrogens is 657 g/mol.